The molecule has 0 saturated carbocycles. The number of hydrogen-bond donors (Lipinski definition) is 0. The van der Waals surface area contributed by atoms with Crippen LogP contribution in [0.4, 0.5) is 11.4 Å². The van der Waals surface area contributed by atoms with E-state index in [1.165, 1.54) is 55.9 Å². The van der Waals surface area contributed by atoms with E-state index in [2.05, 4.69) is 170 Å². The van der Waals surface area contributed by atoms with E-state index in [-0.39, 0.29) is 0 Å². The lowest BCUT2D eigenvalue weighted by atomic mass is 9.86. The zero-order valence-electron chi connectivity index (χ0n) is 26.6. The summed E-state index contributed by atoms with van der Waals surface area (Å²) in [5.74, 6) is 3.21. The van der Waals surface area contributed by atoms with Gasteiger partial charge in [-0.1, -0.05) is 147 Å². The fourth-order valence-electron chi connectivity index (χ4n) is 8.09. The molecule has 0 amide bonds. The first-order valence-corrected chi connectivity index (χ1v) is 16.9. The number of hydrogen-bond acceptors (Lipinski definition) is 2. The molecule has 0 radical (unpaired) electrons. The van der Waals surface area contributed by atoms with Gasteiger partial charge in [0.05, 0.1) is 6.04 Å². The van der Waals surface area contributed by atoms with Gasteiger partial charge in [0, 0.05) is 39.9 Å². The zero-order chi connectivity index (χ0) is 31.3. The third-order valence-corrected chi connectivity index (χ3v) is 10.5. The van der Waals surface area contributed by atoms with Gasteiger partial charge in [0.25, 0.3) is 0 Å². The minimum atomic E-state index is 0.291. The van der Waals surface area contributed by atoms with Gasteiger partial charge in [0.1, 0.15) is 11.5 Å². The van der Waals surface area contributed by atoms with Crippen LogP contribution >= 0.6 is 0 Å². The standard InChI is InChI=1S/C45H37NO/c1-30(29-31-21-23-34(24-22-31)36-15-10-16-40-39-14-5-9-20-44(39)47-45(36)40)32-25-27-33(28-26-32)35-11-2-6-17-41(35)46-42-18-7-3-12-37(42)38-13-4-8-19-43(38)46/h2-15,17-28,30,37,40,42H,16,29H2,1H3/t30-,37?,40+,42?/m1/s1. The summed E-state index contributed by atoms with van der Waals surface area (Å²) in [6.07, 6.45) is 15.6. The summed E-state index contributed by atoms with van der Waals surface area (Å²) in [6, 6.07) is 44.9. The monoisotopic (exact) mass is 607 g/mol. The van der Waals surface area contributed by atoms with E-state index in [9.17, 15) is 0 Å². The Kier molecular flexibility index (Phi) is 6.82. The second-order valence-electron chi connectivity index (χ2n) is 13.3. The Labute approximate surface area is 277 Å². The lowest BCUT2D eigenvalue weighted by Gasteiger charge is -2.30. The third-order valence-electron chi connectivity index (χ3n) is 10.5. The summed E-state index contributed by atoms with van der Waals surface area (Å²) in [5.41, 5.74) is 12.9. The fraction of sp³-hybridized carbons (Fsp3) is 0.156. The van der Waals surface area contributed by atoms with Crippen LogP contribution in [0.3, 0.4) is 0 Å². The molecule has 228 valence electrons. The van der Waals surface area contributed by atoms with Crippen molar-refractivity contribution >= 4 is 16.9 Å². The van der Waals surface area contributed by atoms with Crippen molar-refractivity contribution in [3.8, 4) is 16.9 Å². The number of fused-ring (bicyclic) bond motifs is 6. The highest BCUT2D eigenvalue weighted by Gasteiger charge is 2.38. The average molecular weight is 608 g/mol. The molecular weight excluding hydrogens is 571 g/mol. The molecule has 4 aliphatic rings. The topological polar surface area (TPSA) is 12.5 Å². The van der Waals surface area contributed by atoms with Crippen LogP contribution in [0.25, 0.3) is 16.7 Å². The maximum absolute atomic E-state index is 6.37. The molecule has 2 unspecified atom stereocenters. The van der Waals surface area contributed by atoms with E-state index < -0.39 is 0 Å². The molecule has 0 aromatic heterocycles. The Balaban J connectivity index is 0.940. The van der Waals surface area contributed by atoms with Crippen LogP contribution in [0.15, 0.2) is 164 Å². The molecule has 2 nitrogen and oxygen atoms in total. The van der Waals surface area contributed by atoms with Crippen LogP contribution in [-0.4, -0.2) is 6.04 Å². The fourth-order valence-corrected chi connectivity index (χ4v) is 8.09. The third kappa shape index (κ3) is 4.79. The highest BCUT2D eigenvalue weighted by Crippen LogP contribution is 2.50. The second kappa shape index (κ2) is 11.5. The van der Waals surface area contributed by atoms with E-state index in [4.69, 9.17) is 4.74 Å². The Hall–Kier alpha value is -5.34. The van der Waals surface area contributed by atoms with Gasteiger partial charge in [-0.15, -0.1) is 0 Å². The largest absolute Gasteiger partial charge is 0.460 e. The molecule has 2 heteroatoms. The Bertz CT molecular complexity index is 2100. The van der Waals surface area contributed by atoms with Gasteiger partial charge in [0.2, 0.25) is 0 Å². The maximum atomic E-state index is 6.37. The predicted molar refractivity (Wildman–Crippen MR) is 194 cm³/mol. The molecule has 5 aromatic rings. The molecule has 47 heavy (non-hydrogen) atoms. The number of benzene rings is 5. The van der Waals surface area contributed by atoms with Gasteiger partial charge in [-0.3, -0.25) is 0 Å². The van der Waals surface area contributed by atoms with Crippen LogP contribution in [-0.2, 0) is 6.42 Å². The average Bonchev–Trinajstić information content (AvgIpc) is 3.68. The molecule has 0 saturated heterocycles. The van der Waals surface area contributed by atoms with Crippen molar-refractivity contribution in [1.29, 1.82) is 0 Å². The zero-order valence-corrected chi connectivity index (χ0v) is 26.6. The summed E-state index contributed by atoms with van der Waals surface area (Å²) in [6.45, 7) is 2.34. The van der Waals surface area contributed by atoms with Crippen LogP contribution in [0.1, 0.15) is 58.9 Å². The van der Waals surface area contributed by atoms with E-state index in [0.29, 0.717) is 23.8 Å². The number of anilines is 2. The number of allylic oxidation sites excluding steroid dienone is 6. The molecule has 9 rings (SSSR count). The highest BCUT2D eigenvalue weighted by molar-refractivity contribution is 5.86. The highest BCUT2D eigenvalue weighted by atomic mass is 16.5. The molecule has 4 atom stereocenters. The Morgan fingerprint density at radius 2 is 1.40 bits per heavy atom. The summed E-state index contributed by atoms with van der Waals surface area (Å²) in [5, 5.41) is 0. The number of rotatable bonds is 6. The molecule has 0 N–H and O–H groups in total. The minimum absolute atomic E-state index is 0.291. The minimum Gasteiger partial charge on any atom is -0.460 e. The van der Waals surface area contributed by atoms with Gasteiger partial charge < -0.3 is 9.64 Å². The van der Waals surface area contributed by atoms with Gasteiger partial charge in [-0.25, -0.2) is 0 Å². The van der Waals surface area contributed by atoms with Crippen LogP contribution in [0.2, 0.25) is 0 Å². The van der Waals surface area contributed by atoms with Crippen LogP contribution in [0, 0.1) is 0 Å². The first-order valence-electron chi connectivity index (χ1n) is 16.9. The summed E-state index contributed by atoms with van der Waals surface area (Å²) < 4.78 is 6.37. The SMILES string of the molecule is C[C@H](Cc1ccc(C2=C3Oc4ccccc4[C@@H]3CC=C2)cc1)c1ccc(-c2ccccc2N2c3ccccc3C3C=CC=CC32)cc1. The lowest BCUT2D eigenvalue weighted by Crippen LogP contribution is -2.28. The van der Waals surface area contributed by atoms with Crippen LogP contribution in [0.5, 0.6) is 5.75 Å². The van der Waals surface area contributed by atoms with E-state index >= 15 is 0 Å². The lowest BCUT2D eigenvalue weighted by molar-refractivity contribution is 0.429. The normalized spacial score (nSPS) is 20.8. The van der Waals surface area contributed by atoms with Crippen molar-refractivity contribution in [3.63, 3.8) is 0 Å². The second-order valence-corrected chi connectivity index (χ2v) is 13.3. The van der Waals surface area contributed by atoms with Crippen molar-refractivity contribution in [2.75, 3.05) is 4.90 Å². The van der Waals surface area contributed by atoms with Crippen LogP contribution < -0.4 is 9.64 Å². The van der Waals surface area contributed by atoms with Gasteiger partial charge in [-0.05, 0) is 64.8 Å². The quantitative estimate of drug-likeness (QED) is 0.190. The van der Waals surface area contributed by atoms with Crippen molar-refractivity contribution in [2.24, 2.45) is 0 Å². The number of nitrogens with zero attached hydrogens (tertiary/aromatic N) is 1. The molecular formula is C45H37NO. The van der Waals surface area contributed by atoms with Crippen molar-refractivity contribution in [3.05, 3.63) is 191 Å². The number of ether oxygens (including phenoxy) is 1. The number of para-hydroxylation sites is 3. The van der Waals surface area contributed by atoms with E-state index in [0.717, 1.165) is 24.4 Å². The summed E-state index contributed by atoms with van der Waals surface area (Å²) in [4.78, 5) is 2.53. The first-order chi connectivity index (χ1) is 23.2. The van der Waals surface area contributed by atoms with Gasteiger partial charge in [-0.2, -0.15) is 0 Å². The molecule has 0 fully saturated rings. The maximum Gasteiger partial charge on any atom is 0.130 e. The smallest absolute Gasteiger partial charge is 0.130 e. The van der Waals surface area contributed by atoms with Crippen molar-refractivity contribution in [1.82, 2.24) is 0 Å². The van der Waals surface area contributed by atoms with E-state index in [1.807, 2.05) is 0 Å². The Morgan fingerprint density at radius 1 is 0.702 bits per heavy atom. The summed E-state index contributed by atoms with van der Waals surface area (Å²) in [7, 11) is 0. The first kappa shape index (κ1) is 27.9. The van der Waals surface area contributed by atoms with E-state index in [1.54, 1.807) is 0 Å². The molecule has 2 heterocycles. The summed E-state index contributed by atoms with van der Waals surface area (Å²) >= 11 is 0. The van der Waals surface area contributed by atoms with Gasteiger partial charge in [0.15, 0.2) is 0 Å². The van der Waals surface area contributed by atoms with Crippen molar-refractivity contribution in [2.45, 2.75) is 43.6 Å². The molecule has 0 bridgehead atoms. The predicted octanol–water partition coefficient (Wildman–Crippen LogP) is 11.3. The van der Waals surface area contributed by atoms with Crippen molar-refractivity contribution < 1.29 is 4.74 Å². The molecule has 5 aromatic carbocycles. The molecule has 2 aliphatic heterocycles. The molecule has 0 spiro atoms. The van der Waals surface area contributed by atoms with Gasteiger partial charge >= 0.3 is 0 Å². The Morgan fingerprint density at radius 3 is 2.26 bits per heavy atom. The molecule has 2 aliphatic carbocycles.